The van der Waals surface area contributed by atoms with E-state index in [0.717, 1.165) is 28.5 Å². The summed E-state index contributed by atoms with van der Waals surface area (Å²) in [4.78, 5) is 226. The van der Waals surface area contributed by atoms with Crippen LogP contribution >= 0.6 is 21.6 Å². The van der Waals surface area contributed by atoms with Crippen molar-refractivity contribution in [1.82, 2.24) is 73.2 Å². The molecule has 36 nitrogen and oxygen atoms in total. The van der Waals surface area contributed by atoms with Crippen LogP contribution < -0.4 is 75.7 Å². The molecule has 5 aliphatic rings. The normalized spacial score (nSPS) is 28.4. The first kappa shape index (κ1) is 86.0. The van der Waals surface area contributed by atoms with Crippen molar-refractivity contribution in [3.05, 3.63) is 35.9 Å². The first-order chi connectivity index (χ1) is 50.5. The summed E-state index contributed by atoms with van der Waals surface area (Å²) in [5.41, 5.74) is 17.4. The number of hydrogen-bond donors (Lipinski definition) is 17. The van der Waals surface area contributed by atoms with Crippen LogP contribution in [0.5, 0.6) is 0 Å². The van der Waals surface area contributed by atoms with E-state index in [1.54, 1.807) is 58.0 Å². The molecule has 6 rings (SSSR count). The number of nitrogens with two attached hydrogens (primary N) is 3. The van der Waals surface area contributed by atoms with E-state index < -0.39 is 216 Å². The highest BCUT2D eigenvalue weighted by atomic mass is 33.1. The Kier molecular flexibility index (Phi) is 34.5. The van der Waals surface area contributed by atoms with Crippen molar-refractivity contribution in [3.8, 4) is 0 Å². The Bertz CT molecular complexity index is 3320. The van der Waals surface area contributed by atoms with Gasteiger partial charge >= 0.3 is 5.97 Å². The zero-order valence-corrected chi connectivity index (χ0v) is 62.2. The number of amides is 14. The Morgan fingerprint density at radius 1 is 0.528 bits per heavy atom. The van der Waals surface area contributed by atoms with Gasteiger partial charge in [0.25, 0.3) is 0 Å². The van der Waals surface area contributed by atoms with Crippen LogP contribution in [-0.2, 0) is 78.3 Å². The molecular weight excluding hydrogens is 1420 g/mol. The monoisotopic (exact) mass is 1530 g/mol. The summed E-state index contributed by atoms with van der Waals surface area (Å²) < 4.78 is 0. The molecular formula is C68H106N18O18S2. The molecule has 16 atom stereocenters. The molecule has 0 radical (unpaired) electrons. The van der Waals surface area contributed by atoms with Gasteiger partial charge in [0.1, 0.15) is 78.5 Å². The Balaban J connectivity index is 1.51. The lowest BCUT2D eigenvalue weighted by Gasteiger charge is -2.35. The van der Waals surface area contributed by atoms with Gasteiger partial charge in [-0.15, -0.1) is 0 Å². The number of hydrogen-bond acceptors (Lipinski definition) is 21. The molecule has 5 saturated heterocycles. The Labute approximate surface area is 623 Å². The Morgan fingerprint density at radius 3 is 1.59 bits per heavy atom. The van der Waals surface area contributed by atoms with Gasteiger partial charge in [-0.05, 0) is 95.1 Å². The number of unbranched alkanes of at least 4 members (excludes halogenated alkanes) is 2. The van der Waals surface area contributed by atoms with E-state index in [1.807, 2.05) is 0 Å². The van der Waals surface area contributed by atoms with Crippen LogP contribution in [0.2, 0.25) is 0 Å². The molecule has 2 bridgehead atoms. The number of aliphatic hydroxyl groups is 2. The molecule has 0 aromatic heterocycles. The number of nitrogens with one attached hydrogen (secondary N) is 11. The van der Waals surface area contributed by atoms with Gasteiger partial charge in [-0.1, -0.05) is 105 Å². The molecule has 1 aromatic carbocycles. The van der Waals surface area contributed by atoms with Crippen LogP contribution in [-0.4, -0.2) is 267 Å². The third kappa shape index (κ3) is 24.9. The second-order valence-electron chi connectivity index (χ2n) is 27.4. The molecule has 0 spiro atoms. The lowest BCUT2D eigenvalue weighted by molar-refractivity contribution is -0.149. The summed E-state index contributed by atoms with van der Waals surface area (Å²) in [6, 6.07) is -11.5. The minimum absolute atomic E-state index is 0.00841. The fourth-order valence-electron chi connectivity index (χ4n) is 13.1. The number of carboxylic acid groups (broad SMARTS) is 1. The molecule has 5 fully saturated rings. The Morgan fingerprint density at radius 2 is 1.01 bits per heavy atom. The first-order valence-corrected chi connectivity index (χ1v) is 38.8. The van der Waals surface area contributed by atoms with Crippen molar-refractivity contribution >= 4 is 116 Å². The zero-order chi connectivity index (χ0) is 77.9. The molecule has 0 unspecified atom stereocenters. The number of carbonyl (C=O) groups is 15. The summed E-state index contributed by atoms with van der Waals surface area (Å²) in [7, 11) is 1.70. The zero-order valence-electron chi connectivity index (χ0n) is 60.6. The average molecular weight is 1530 g/mol. The summed E-state index contributed by atoms with van der Waals surface area (Å²) in [6.45, 7) is 6.37. The van der Waals surface area contributed by atoms with Crippen LogP contribution in [0.4, 0.5) is 0 Å². The molecule has 0 aliphatic carbocycles. The van der Waals surface area contributed by atoms with Crippen LogP contribution in [0.3, 0.4) is 0 Å². The number of nitrogens with zero attached hydrogens (tertiary/aromatic N) is 4. The van der Waals surface area contributed by atoms with E-state index in [9.17, 15) is 72.9 Å². The Hall–Kier alpha value is -8.88. The van der Waals surface area contributed by atoms with E-state index in [0.29, 0.717) is 37.7 Å². The predicted molar refractivity (Wildman–Crippen MR) is 389 cm³/mol. The van der Waals surface area contributed by atoms with Gasteiger partial charge in [-0.3, -0.25) is 76.9 Å². The van der Waals surface area contributed by atoms with Crippen LogP contribution in [0.1, 0.15) is 136 Å². The molecule has 1 aromatic rings. The standard InChI is InChI=1S/C68H106N18O18S2/c1-6-36(3)52-63(100)80-45-34-105-106-35-46(79-56(93)40(21-14-26-72-68(70)71)74-50(89)32-73-55(92)42(31-51(90)91)76-61(98)47-22-15-27-84(47)65(102)43(77-59(45)96)30-39-18-10-8-11-19-39)60(97)83-54(38(5)88)64(101)75-41(20-12-9-13-25-69)57(94)78-44(33-87)58(95)82-53(37(4)7-2)67(104)86-29-17-24-49(86)66(103)85-28-16-23-48(85)62(99)81-52/h8,10-11,18-19,36-38,40-49,52-54,87-88H,6-7,9,12-17,20-35,69H2,1-5H3,(H,73,92)(H,74,89)(H,75,101)(H,76,98)(H,77,96)(H,78,94)(H,79,93)(H,80,100)(H,81,99)(H,82,95)(H,83,97)(H,90,91)(H4,70,71,72)/t36-,37-,38+,40-,41-,42-,43-,44-,45-,46-,47-,48-,49-,52-,53-,54-/m0/s1. The summed E-state index contributed by atoms with van der Waals surface area (Å²) >= 11 is 0. The third-order valence-corrected chi connectivity index (χ3v) is 21.9. The van der Waals surface area contributed by atoms with Crippen molar-refractivity contribution < 1.29 is 87.2 Å². The number of rotatable bonds is 19. The van der Waals surface area contributed by atoms with E-state index in [1.165, 1.54) is 14.7 Å². The number of fused-ring (bicyclic) bond motifs is 8. The SMILES string of the molecule is CC[C@H](C)[C@@H]1NC(=O)[C@@H]2CCCN2C(=O)[C@@H]2CCCN2C(=O)[C@H]([C@@H](C)CC)NC(=O)[C@H](CO)NC(=O)[C@H](CCCCCN)NC(=O)[C@H]([C@@H](C)O)NC(=O)[C@@H]2CSSC[C@H](NC1=O)C(=O)N[C@@H](Cc1ccccc1)C(=O)N1CCC[C@H]1C(=O)N[C@@H](CC(=O)O)C(=O)NCC(=O)N[C@@H](CCCN=C(N)N)C(=O)N2. The maximum atomic E-state index is 15.3. The largest absolute Gasteiger partial charge is 0.481 e. The molecule has 38 heteroatoms. The number of aliphatic hydroxyl groups excluding tert-OH is 2. The first-order valence-electron chi connectivity index (χ1n) is 36.3. The topological polar surface area (TPSA) is 549 Å². The van der Waals surface area contributed by atoms with Crippen LogP contribution in [0, 0.1) is 11.8 Å². The van der Waals surface area contributed by atoms with Gasteiger partial charge < -0.3 is 106 Å². The maximum absolute atomic E-state index is 15.3. The molecule has 588 valence electrons. The van der Waals surface area contributed by atoms with E-state index >= 15 is 14.4 Å². The number of aliphatic carboxylic acids is 1. The maximum Gasteiger partial charge on any atom is 0.305 e. The fourth-order valence-corrected chi connectivity index (χ4v) is 15.4. The number of aliphatic imine (C=N–C) groups is 1. The van der Waals surface area contributed by atoms with Crippen molar-refractivity contribution in [3.63, 3.8) is 0 Å². The third-order valence-electron chi connectivity index (χ3n) is 19.5. The van der Waals surface area contributed by atoms with Crippen molar-refractivity contribution in [2.75, 3.05) is 57.4 Å². The number of carbonyl (C=O) groups excluding carboxylic acids is 14. The van der Waals surface area contributed by atoms with E-state index in [-0.39, 0.29) is 103 Å². The molecule has 5 heterocycles. The molecule has 0 saturated carbocycles. The van der Waals surface area contributed by atoms with Gasteiger partial charge in [0.05, 0.1) is 25.7 Å². The fraction of sp³-hybridized carbons (Fsp3) is 0.676. The van der Waals surface area contributed by atoms with Gasteiger partial charge in [0, 0.05) is 44.1 Å². The van der Waals surface area contributed by atoms with Crippen molar-refractivity contribution in [2.45, 2.75) is 222 Å². The van der Waals surface area contributed by atoms with E-state index in [4.69, 9.17) is 17.2 Å². The van der Waals surface area contributed by atoms with Crippen molar-refractivity contribution in [2.24, 2.45) is 34.0 Å². The van der Waals surface area contributed by atoms with Crippen LogP contribution in [0.15, 0.2) is 35.3 Å². The number of guanidine groups is 1. The number of benzene rings is 1. The molecule has 14 amide bonds. The highest BCUT2D eigenvalue weighted by Crippen LogP contribution is 2.29. The smallest absolute Gasteiger partial charge is 0.305 e. The molecule has 106 heavy (non-hydrogen) atoms. The van der Waals surface area contributed by atoms with Crippen molar-refractivity contribution in [1.29, 1.82) is 0 Å². The van der Waals surface area contributed by atoms with Gasteiger partial charge in [0.2, 0.25) is 82.7 Å². The average Bonchev–Trinajstić information content (AvgIpc) is 1.63. The highest BCUT2D eigenvalue weighted by molar-refractivity contribution is 8.76. The highest BCUT2D eigenvalue weighted by Gasteiger charge is 2.47. The van der Waals surface area contributed by atoms with Gasteiger partial charge in [-0.2, -0.15) is 0 Å². The minimum atomic E-state index is -1.94. The lowest BCUT2D eigenvalue weighted by Crippen LogP contribution is -2.62. The predicted octanol–water partition coefficient (Wildman–Crippen LogP) is -4.91. The van der Waals surface area contributed by atoms with Gasteiger partial charge in [0.15, 0.2) is 5.96 Å². The van der Waals surface area contributed by atoms with Crippen LogP contribution in [0.25, 0.3) is 0 Å². The second kappa shape index (κ2) is 42.5. The van der Waals surface area contributed by atoms with Gasteiger partial charge in [-0.25, -0.2) is 0 Å². The number of carboxylic acids is 1. The van der Waals surface area contributed by atoms with E-state index in [2.05, 4.69) is 63.5 Å². The lowest BCUT2D eigenvalue weighted by atomic mass is 9.96. The molecule has 20 N–H and O–H groups in total. The summed E-state index contributed by atoms with van der Waals surface area (Å²) in [5, 5.41) is 60.3. The minimum Gasteiger partial charge on any atom is -0.481 e. The quantitative estimate of drug-likeness (QED) is 0.0267. The molecule has 5 aliphatic heterocycles. The second-order valence-corrected chi connectivity index (χ2v) is 29.9. The summed E-state index contributed by atoms with van der Waals surface area (Å²) in [6.07, 6.45) is -0.291. The summed E-state index contributed by atoms with van der Waals surface area (Å²) in [5.74, 6) is -17.2.